The average Bonchev–Trinajstić information content (AvgIpc) is 3.25. The summed E-state index contributed by atoms with van der Waals surface area (Å²) < 4.78 is 1.94. The van der Waals surface area contributed by atoms with Crippen molar-refractivity contribution in [3.05, 3.63) is 89.7 Å². The number of imide groups is 1. The van der Waals surface area contributed by atoms with E-state index < -0.39 is 5.92 Å². The van der Waals surface area contributed by atoms with Crippen LogP contribution in [0.3, 0.4) is 0 Å². The van der Waals surface area contributed by atoms with Crippen LogP contribution in [0.4, 0.5) is 5.69 Å². The minimum atomic E-state index is -0.587. The minimum absolute atomic E-state index is 0.116. The molecule has 2 amide bonds. The molecule has 1 fully saturated rings. The van der Waals surface area contributed by atoms with E-state index in [-0.39, 0.29) is 18.2 Å². The molecule has 2 aromatic carbocycles. The summed E-state index contributed by atoms with van der Waals surface area (Å²) in [6.45, 7) is 0. The van der Waals surface area contributed by atoms with Crippen LogP contribution in [0.2, 0.25) is 5.02 Å². The topological polar surface area (TPSA) is 55.2 Å². The fourth-order valence-electron chi connectivity index (χ4n) is 3.92. The molecule has 4 aromatic rings. The van der Waals surface area contributed by atoms with E-state index in [4.69, 9.17) is 11.6 Å². The lowest BCUT2D eigenvalue weighted by molar-refractivity contribution is -0.121. The molecule has 29 heavy (non-hydrogen) atoms. The molecule has 5 nitrogen and oxygen atoms in total. The van der Waals surface area contributed by atoms with Crippen molar-refractivity contribution in [3.8, 4) is 5.82 Å². The number of amides is 2. The summed E-state index contributed by atoms with van der Waals surface area (Å²) in [6, 6.07) is 22.2. The van der Waals surface area contributed by atoms with Crippen LogP contribution in [0.5, 0.6) is 0 Å². The van der Waals surface area contributed by atoms with Gasteiger partial charge < -0.3 is 0 Å². The van der Waals surface area contributed by atoms with Crippen molar-refractivity contribution in [3.63, 3.8) is 0 Å². The van der Waals surface area contributed by atoms with Gasteiger partial charge in [-0.05, 0) is 48.5 Å². The molecular formula is C23H16ClN3O2. The summed E-state index contributed by atoms with van der Waals surface area (Å²) in [5.74, 6) is -0.330. The van der Waals surface area contributed by atoms with Gasteiger partial charge >= 0.3 is 0 Å². The Hall–Kier alpha value is -3.44. The Morgan fingerprint density at radius 1 is 0.931 bits per heavy atom. The molecular weight excluding hydrogens is 386 g/mol. The van der Waals surface area contributed by atoms with Crippen molar-refractivity contribution >= 4 is 40.0 Å². The first-order valence-corrected chi connectivity index (χ1v) is 9.65. The number of hydrogen-bond donors (Lipinski definition) is 0. The molecule has 0 spiro atoms. The molecule has 0 aliphatic carbocycles. The quantitative estimate of drug-likeness (QED) is 0.466. The molecule has 3 heterocycles. The van der Waals surface area contributed by atoms with Crippen LogP contribution >= 0.6 is 11.6 Å². The van der Waals surface area contributed by atoms with E-state index in [9.17, 15) is 9.59 Å². The maximum Gasteiger partial charge on any atom is 0.243 e. The highest BCUT2D eigenvalue weighted by Crippen LogP contribution is 2.37. The summed E-state index contributed by atoms with van der Waals surface area (Å²) in [6.07, 6.45) is 1.82. The van der Waals surface area contributed by atoms with Crippen molar-refractivity contribution < 1.29 is 9.59 Å². The van der Waals surface area contributed by atoms with E-state index in [0.29, 0.717) is 16.5 Å². The number of carbonyl (C=O) groups is 2. The number of rotatable bonds is 3. The predicted molar refractivity (Wildman–Crippen MR) is 112 cm³/mol. The summed E-state index contributed by atoms with van der Waals surface area (Å²) in [7, 11) is 0. The molecule has 142 valence electrons. The van der Waals surface area contributed by atoms with Crippen molar-refractivity contribution in [1.29, 1.82) is 0 Å². The van der Waals surface area contributed by atoms with Crippen LogP contribution in [0.25, 0.3) is 16.7 Å². The molecule has 1 unspecified atom stereocenters. The monoisotopic (exact) mass is 401 g/mol. The summed E-state index contributed by atoms with van der Waals surface area (Å²) in [5, 5.41) is 1.51. The third-order valence-corrected chi connectivity index (χ3v) is 5.42. The highest BCUT2D eigenvalue weighted by Gasteiger charge is 2.42. The number of aromatic nitrogens is 2. The maximum atomic E-state index is 13.3. The Labute approximate surface area is 172 Å². The van der Waals surface area contributed by atoms with Gasteiger partial charge in [0.1, 0.15) is 5.82 Å². The predicted octanol–water partition coefficient (Wildman–Crippen LogP) is 4.73. The van der Waals surface area contributed by atoms with Gasteiger partial charge in [0.05, 0.1) is 17.1 Å². The number of para-hydroxylation sites is 1. The van der Waals surface area contributed by atoms with E-state index in [1.807, 2.05) is 65.2 Å². The highest BCUT2D eigenvalue weighted by molar-refractivity contribution is 6.31. The smallest absolute Gasteiger partial charge is 0.243 e. The van der Waals surface area contributed by atoms with Crippen molar-refractivity contribution in [2.45, 2.75) is 12.3 Å². The number of benzene rings is 2. The third-order valence-electron chi connectivity index (χ3n) is 5.19. The molecule has 2 aromatic heterocycles. The second-order valence-electron chi connectivity index (χ2n) is 6.96. The van der Waals surface area contributed by atoms with E-state index in [1.54, 1.807) is 18.3 Å². The number of carbonyl (C=O) groups excluding carboxylic acids is 2. The van der Waals surface area contributed by atoms with Crippen LogP contribution in [0.15, 0.2) is 79.0 Å². The lowest BCUT2D eigenvalue weighted by atomic mass is 10.0. The second-order valence-corrected chi connectivity index (χ2v) is 7.39. The Kier molecular flexibility index (Phi) is 4.18. The lowest BCUT2D eigenvalue weighted by Crippen LogP contribution is -2.30. The molecule has 1 atom stereocenters. The normalized spacial score (nSPS) is 16.7. The molecule has 0 bridgehead atoms. The van der Waals surface area contributed by atoms with Crippen LogP contribution in [0.1, 0.15) is 18.0 Å². The van der Waals surface area contributed by atoms with Crippen LogP contribution < -0.4 is 4.90 Å². The van der Waals surface area contributed by atoms with Gasteiger partial charge in [-0.25, -0.2) is 9.88 Å². The zero-order valence-electron chi connectivity index (χ0n) is 15.3. The van der Waals surface area contributed by atoms with E-state index in [0.717, 1.165) is 16.6 Å². The van der Waals surface area contributed by atoms with Gasteiger partial charge in [-0.15, -0.1) is 0 Å². The zero-order valence-corrected chi connectivity index (χ0v) is 16.1. The number of hydrogen-bond acceptors (Lipinski definition) is 3. The van der Waals surface area contributed by atoms with Gasteiger partial charge in [-0.1, -0.05) is 35.9 Å². The van der Waals surface area contributed by atoms with Gasteiger partial charge in [0.15, 0.2) is 0 Å². The van der Waals surface area contributed by atoms with Gasteiger partial charge in [0, 0.05) is 28.7 Å². The zero-order chi connectivity index (χ0) is 20.0. The van der Waals surface area contributed by atoms with Crippen LogP contribution in [-0.4, -0.2) is 21.4 Å². The van der Waals surface area contributed by atoms with E-state index in [2.05, 4.69) is 4.98 Å². The number of halogens is 1. The molecule has 6 heteroatoms. The van der Waals surface area contributed by atoms with Gasteiger partial charge in [0.2, 0.25) is 11.8 Å². The molecule has 0 N–H and O–H groups in total. The first kappa shape index (κ1) is 17.6. The maximum absolute atomic E-state index is 13.3. The molecule has 1 aliphatic heterocycles. The molecule has 1 aliphatic rings. The van der Waals surface area contributed by atoms with E-state index >= 15 is 0 Å². The molecule has 5 rings (SSSR count). The standard InChI is InChI=1S/C23H16ClN3O2/c24-16-9-10-19-15(12-16)13-20(27(19)21-8-4-5-11-25-21)18-14-22(28)26(23(18)29)17-6-2-1-3-7-17/h1-13,18H,14H2. The molecule has 0 radical (unpaired) electrons. The Morgan fingerprint density at radius 2 is 1.72 bits per heavy atom. The van der Waals surface area contributed by atoms with Crippen LogP contribution in [-0.2, 0) is 9.59 Å². The van der Waals surface area contributed by atoms with Gasteiger partial charge in [0.25, 0.3) is 0 Å². The fourth-order valence-corrected chi connectivity index (χ4v) is 4.10. The van der Waals surface area contributed by atoms with Crippen molar-refractivity contribution in [1.82, 2.24) is 9.55 Å². The van der Waals surface area contributed by atoms with Crippen LogP contribution in [0, 0.1) is 0 Å². The first-order valence-electron chi connectivity index (χ1n) is 9.27. The third kappa shape index (κ3) is 2.91. The number of anilines is 1. The SMILES string of the molecule is O=C1CC(c2cc3cc(Cl)ccc3n2-c2ccccn2)C(=O)N1c1ccccc1. The Morgan fingerprint density at radius 3 is 2.48 bits per heavy atom. The minimum Gasteiger partial charge on any atom is -0.297 e. The highest BCUT2D eigenvalue weighted by atomic mass is 35.5. The average molecular weight is 402 g/mol. The van der Waals surface area contributed by atoms with E-state index in [1.165, 1.54) is 4.90 Å². The van der Waals surface area contributed by atoms with Gasteiger partial charge in [-0.2, -0.15) is 0 Å². The Balaban J connectivity index is 1.67. The summed E-state index contributed by atoms with van der Waals surface area (Å²) >= 11 is 6.19. The number of fused-ring (bicyclic) bond motifs is 1. The lowest BCUT2D eigenvalue weighted by Gasteiger charge is -2.16. The number of pyridine rings is 1. The summed E-state index contributed by atoms with van der Waals surface area (Å²) in [4.78, 5) is 31.8. The largest absolute Gasteiger partial charge is 0.297 e. The second kappa shape index (κ2) is 6.87. The van der Waals surface area contributed by atoms with Crippen molar-refractivity contribution in [2.75, 3.05) is 4.90 Å². The first-order chi connectivity index (χ1) is 14.1. The summed E-state index contributed by atoms with van der Waals surface area (Å²) in [5.41, 5.74) is 2.22. The van der Waals surface area contributed by atoms with Gasteiger partial charge in [-0.3, -0.25) is 14.2 Å². The molecule has 1 saturated heterocycles. The fraction of sp³-hybridized carbons (Fsp3) is 0.0870. The van der Waals surface area contributed by atoms with Crippen molar-refractivity contribution in [2.24, 2.45) is 0 Å². The number of nitrogens with zero attached hydrogens (tertiary/aromatic N) is 3. The Bertz CT molecular complexity index is 1240. The molecule has 0 saturated carbocycles.